The molecule has 0 unspecified atom stereocenters. The Morgan fingerprint density at radius 1 is 1.82 bits per heavy atom. The Kier molecular flexibility index (Phi) is 2.95. The third-order valence-corrected chi connectivity index (χ3v) is 1.42. The Morgan fingerprint density at radius 3 is 3.18 bits per heavy atom. The van der Waals surface area contributed by atoms with Gasteiger partial charge >= 0.3 is 5.97 Å². The molecule has 0 atom stereocenters. The molecule has 0 aromatic carbocycles. The predicted molar refractivity (Wildman–Crippen MR) is 39.9 cm³/mol. The highest BCUT2D eigenvalue weighted by atomic mass is 16.5. The normalized spacial score (nSPS) is 19.9. The van der Waals surface area contributed by atoms with Gasteiger partial charge in [0.1, 0.15) is 5.76 Å². The molecule has 3 heteroatoms. The van der Waals surface area contributed by atoms with E-state index in [9.17, 15) is 4.79 Å². The molecule has 0 aromatic rings. The minimum absolute atomic E-state index is 0.301. The second-order valence-corrected chi connectivity index (χ2v) is 2.31. The molecule has 1 rings (SSSR count). The Labute approximate surface area is 66.0 Å². The van der Waals surface area contributed by atoms with Gasteiger partial charge in [0.15, 0.2) is 0 Å². The molecule has 0 amide bonds. The minimum Gasteiger partial charge on any atom is -0.498 e. The van der Waals surface area contributed by atoms with Crippen LogP contribution in [0.2, 0.25) is 0 Å². The van der Waals surface area contributed by atoms with Crippen molar-refractivity contribution in [2.24, 2.45) is 0 Å². The smallest absolute Gasteiger partial charge is 0.334 e. The molecule has 11 heavy (non-hydrogen) atoms. The molecule has 1 saturated heterocycles. The van der Waals surface area contributed by atoms with Crippen molar-refractivity contribution in [1.82, 2.24) is 0 Å². The molecule has 0 aromatic heterocycles. The van der Waals surface area contributed by atoms with Crippen molar-refractivity contribution < 1.29 is 14.3 Å². The van der Waals surface area contributed by atoms with Crippen LogP contribution in [0.25, 0.3) is 0 Å². The van der Waals surface area contributed by atoms with Gasteiger partial charge in [0.25, 0.3) is 0 Å². The van der Waals surface area contributed by atoms with Crippen molar-refractivity contribution in [2.45, 2.75) is 19.8 Å². The summed E-state index contributed by atoms with van der Waals surface area (Å²) in [4.78, 5) is 10.8. The van der Waals surface area contributed by atoms with E-state index in [1.165, 1.54) is 6.08 Å². The first-order valence-electron chi connectivity index (χ1n) is 3.83. The Hall–Kier alpha value is -0.990. The summed E-state index contributed by atoms with van der Waals surface area (Å²) in [5.41, 5.74) is 0. The zero-order chi connectivity index (χ0) is 8.10. The molecule has 62 valence electrons. The van der Waals surface area contributed by atoms with Gasteiger partial charge < -0.3 is 9.47 Å². The van der Waals surface area contributed by atoms with Crippen LogP contribution in [-0.2, 0) is 14.3 Å². The highest BCUT2D eigenvalue weighted by molar-refractivity contribution is 5.82. The second-order valence-electron chi connectivity index (χ2n) is 2.31. The Morgan fingerprint density at radius 2 is 2.64 bits per heavy atom. The summed E-state index contributed by atoms with van der Waals surface area (Å²) in [5, 5.41) is 0. The van der Waals surface area contributed by atoms with Gasteiger partial charge in [0.2, 0.25) is 0 Å². The first-order valence-corrected chi connectivity index (χ1v) is 3.83. The van der Waals surface area contributed by atoms with Crippen molar-refractivity contribution in [3.05, 3.63) is 11.8 Å². The number of carbonyl (C=O) groups excluding carboxylic acids is 1. The fourth-order valence-corrected chi connectivity index (χ4v) is 0.951. The van der Waals surface area contributed by atoms with Crippen LogP contribution in [0.15, 0.2) is 11.8 Å². The minimum atomic E-state index is -0.301. The number of rotatable bonds is 2. The van der Waals surface area contributed by atoms with Gasteiger partial charge in [0, 0.05) is 6.42 Å². The van der Waals surface area contributed by atoms with Gasteiger partial charge in [-0.25, -0.2) is 4.79 Å². The topological polar surface area (TPSA) is 35.5 Å². The number of hydrogen-bond acceptors (Lipinski definition) is 3. The summed E-state index contributed by atoms with van der Waals surface area (Å²) < 4.78 is 9.84. The van der Waals surface area contributed by atoms with Crippen LogP contribution in [0.1, 0.15) is 19.8 Å². The van der Waals surface area contributed by atoms with E-state index in [0.29, 0.717) is 6.61 Å². The molecule has 1 aliphatic heterocycles. The van der Waals surface area contributed by atoms with Crippen molar-refractivity contribution in [3.8, 4) is 0 Å². The summed E-state index contributed by atoms with van der Waals surface area (Å²) in [7, 11) is 0. The van der Waals surface area contributed by atoms with Gasteiger partial charge in [-0.15, -0.1) is 0 Å². The maximum absolute atomic E-state index is 10.8. The third-order valence-electron chi connectivity index (χ3n) is 1.42. The van der Waals surface area contributed by atoms with E-state index < -0.39 is 0 Å². The number of hydrogen-bond donors (Lipinski definition) is 0. The summed E-state index contributed by atoms with van der Waals surface area (Å²) in [6.45, 7) is 2.93. The average Bonchev–Trinajstić information content (AvgIpc) is 2.40. The highest BCUT2D eigenvalue weighted by Crippen LogP contribution is 2.15. The van der Waals surface area contributed by atoms with Crippen LogP contribution in [0.3, 0.4) is 0 Å². The number of carbonyl (C=O) groups is 1. The number of allylic oxidation sites excluding steroid dienone is 1. The van der Waals surface area contributed by atoms with Crippen LogP contribution in [0.5, 0.6) is 0 Å². The quantitative estimate of drug-likeness (QED) is 0.445. The molecule has 1 heterocycles. The zero-order valence-corrected chi connectivity index (χ0v) is 6.63. The van der Waals surface area contributed by atoms with Crippen molar-refractivity contribution in [1.29, 1.82) is 0 Å². The molecule has 0 spiro atoms. The van der Waals surface area contributed by atoms with E-state index in [4.69, 9.17) is 9.47 Å². The van der Waals surface area contributed by atoms with Gasteiger partial charge in [-0.05, 0) is 13.3 Å². The standard InChI is InChI=1S/C8H12O3/c1-2-10-8(9)6-7-4-3-5-11-7/h6H,2-5H2,1H3. The first kappa shape index (κ1) is 8.11. The van der Waals surface area contributed by atoms with Gasteiger partial charge in [-0.3, -0.25) is 0 Å². The number of esters is 1. The van der Waals surface area contributed by atoms with Crippen LogP contribution in [0.4, 0.5) is 0 Å². The third kappa shape index (κ3) is 2.62. The fraction of sp³-hybridized carbons (Fsp3) is 0.625. The molecule has 0 saturated carbocycles. The van der Waals surface area contributed by atoms with Crippen LogP contribution >= 0.6 is 0 Å². The van der Waals surface area contributed by atoms with E-state index in [1.54, 1.807) is 6.92 Å². The molecule has 1 fully saturated rings. The lowest BCUT2D eigenvalue weighted by Gasteiger charge is -1.97. The molecular formula is C8H12O3. The van der Waals surface area contributed by atoms with Crippen molar-refractivity contribution in [3.63, 3.8) is 0 Å². The lowest BCUT2D eigenvalue weighted by atomic mass is 10.3. The average molecular weight is 156 g/mol. The van der Waals surface area contributed by atoms with Crippen LogP contribution < -0.4 is 0 Å². The van der Waals surface area contributed by atoms with Crippen molar-refractivity contribution >= 4 is 5.97 Å². The summed E-state index contributed by atoms with van der Waals surface area (Å²) in [6, 6.07) is 0. The summed E-state index contributed by atoms with van der Waals surface area (Å²) >= 11 is 0. The molecule has 0 bridgehead atoms. The van der Waals surface area contributed by atoms with E-state index in [2.05, 4.69) is 0 Å². The lowest BCUT2D eigenvalue weighted by Crippen LogP contribution is -2.00. The predicted octanol–water partition coefficient (Wildman–Crippen LogP) is 1.24. The molecule has 0 N–H and O–H groups in total. The highest BCUT2D eigenvalue weighted by Gasteiger charge is 2.09. The van der Waals surface area contributed by atoms with Gasteiger partial charge in [-0.1, -0.05) is 0 Å². The van der Waals surface area contributed by atoms with Crippen LogP contribution in [-0.4, -0.2) is 19.2 Å². The van der Waals surface area contributed by atoms with Gasteiger partial charge in [-0.2, -0.15) is 0 Å². The van der Waals surface area contributed by atoms with Crippen LogP contribution in [0, 0.1) is 0 Å². The maximum atomic E-state index is 10.8. The molecule has 0 aliphatic carbocycles. The monoisotopic (exact) mass is 156 g/mol. The van der Waals surface area contributed by atoms with E-state index in [1.807, 2.05) is 0 Å². The summed E-state index contributed by atoms with van der Waals surface area (Å²) in [5.74, 6) is 0.452. The zero-order valence-electron chi connectivity index (χ0n) is 6.63. The molecular weight excluding hydrogens is 144 g/mol. The maximum Gasteiger partial charge on any atom is 0.334 e. The largest absolute Gasteiger partial charge is 0.498 e. The second kappa shape index (κ2) is 4.01. The summed E-state index contributed by atoms with van der Waals surface area (Å²) in [6.07, 6.45) is 3.29. The number of ether oxygens (including phenoxy) is 2. The van der Waals surface area contributed by atoms with E-state index in [-0.39, 0.29) is 5.97 Å². The fourth-order valence-electron chi connectivity index (χ4n) is 0.951. The van der Waals surface area contributed by atoms with E-state index in [0.717, 1.165) is 25.2 Å². The first-order chi connectivity index (χ1) is 5.33. The molecule has 3 nitrogen and oxygen atoms in total. The SMILES string of the molecule is CCOC(=O)C=C1CCCO1. The van der Waals surface area contributed by atoms with E-state index >= 15 is 0 Å². The van der Waals surface area contributed by atoms with Crippen molar-refractivity contribution in [2.75, 3.05) is 13.2 Å². The lowest BCUT2D eigenvalue weighted by molar-refractivity contribution is -0.137. The molecule has 1 aliphatic rings. The Bertz CT molecular complexity index is 164. The molecule has 0 radical (unpaired) electrons. The van der Waals surface area contributed by atoms with Gasteiger partial charge in [0.05, 0.1) is 19.3 Å². The Balaban J connectivity index is 2.36.